The first-order valence-electron chi connectivity index (χ1n) is 10.2. The van der Waals surface area contributed by atoms with Gasteiger partial charge in [0.25, 0.3) is 0 Å². The quantitative estimate of drug-likeness (QED) is 0.917. The van der Waals surface area contributed by atoms with Crippen molar-refractivity contribution in [1.82, 2.24) is 25.5 Å². The molecular formula is C21H29N5. The molecular weight excluding hydrogens is 322 g/mol. The van der Waals surface area contributed by atoms with Gasteiger partial charge in [-0.05, 0) is 97.7 Å². The van der Waals surface area contributed by atoms with Gasteiger partial charge < -0.3 is 5.32 Å². The van der Waals surface area contributed by atoms with Crippen LogP contribution in [0.3, 0.4) is 0 Å². The molecule has 4 aliphatic rings. The highest BCUT2D eigenvalue weighted by Gasteiger charge is 2.59. The molecule has 4 aliphatic carbocycles. The zero-order valence-corrected chi connectivity index (χ0v) is 16.1. The summed E-state index contributed by atoms with van der Waals surface area (Å²) in [5.41, 5.74) is 3.66. The number of para-hydroxylation sites is 1. The highest BCUT2D eigenvalue weighted by atomic mass is 15.6. The van der Waals surface area contributed by atoms with Crippen LogP contribution in [-0.4, -0.2) is 27.3 Å². The number of benzene rings is 1. The lowest BCUT2D eigenvalue weighted by molar-refractivity contribution is -0.0795. The van der Waals surface area contributed by atoms with Crippen molar-refractivity contribution >= 4 is 0 Å². The largest absolute Gasteiger partial charge is 0.307 e. The van der Waals surface area contributed by atoms with E-state index in [0.29, 0.717) is 11.8 Å². The molecule has 1 aromatic heterocycles. The molecule has 0 amide bonds. The summed E-state index contributed by atoms with van der Waals surface area (Å²) in [6.07, 6.45) is 7.75. The van der Waals surface area contributed by atoms with E-state index in [1.165, 1.54) is 48.9 Å². The van der Waals surface area contributed by atoms with Crippen LogP contribution in [0.2, 0.25) is 0 Å². The smallest absolute Gasteiger partial charge is 0.177 e. The van der Waals surface area contributed by atoms with Gasteiger partial charge in [-0.15, -0.1) is 5.10 Å². The second-order valence-electron chi connectivity index (χ2n) is 8.77. The maximum atomic E-state index is 4.64. The third kappa shape index (κ3) is 2.10. The van der Waals surface area contributed by atoms with Crippen molar-refractivity contribution in [3.05, 3.63) is 35.2 Å². The van der Waals surface area contributed by atoms with E-state index in [4.69, 9.17) is 0 Å². The average molecular weight is 351 g/mol. The number of rotatable bonds is 4. The lowest BCUT2D eigenvalue weighted by Gasteiger charge is -2.60. The SMILES string of the molecule is CCc1cccc(C)c1-n1nnnc1C1(NC)C2CC3CC(C2)CC1C3. The fraction of sp³-hybridized carbons (Fsp3) is 0.667. The lowest BCUT2D eigenvalue weighted by Crippen LogP contribution is -2.62. The number of hydrogen-bond donors (Lipinski definition) is 1. The predicted octanol–water partition coefficient (Wildman–Crippen LogP) is 3.40. The van der Waals surface area contributed by atoms with Crippen LogP contribution in [0.5, 0.6) is 0 Å². The minimum Gasteiger partial charge on any atom is -0.307 e. The molecule has 0 spiro atoms. The van der Waals surface area contributed by atoms with Crippen molar-refractivity contribution in [2.24, 2.45) is 23.7 Å². The van der Waals surface area contributed by atoms with Crippen LogP contribution in [0.25, 0.3) is 5.69 Å². The Hall–Kier alpha value is -1.75. The summed E-state index contributed by atoms with van der Waals surface area (Å²) in [6.45, 7) is 4.38. The first-order chi connectivity index (χ1) is 12.7. The number of aryl methyl sites for hydroxylation is 2. The van der Waals surface area contributed by atoms with Gasteiger partial charge in [0.15, 0.2) is 5.82 Å². The molecule has 1 heterocycles. The number of nitrogens with one attached hydrogen (secondary N) is 1. The molecule has 4 fully saturated rings. The summed E-state index contributed by atoms with van der Waals surface area (Å²) in [6, 6.07) is 6.51. The molecule has 5 heteroatoms. The number of nitrogens with zero attached hydrogens (tertiary/aromatic N) is 4. The summed E-state index contributed by atoms with van der Waals surface area (Å²) in [5, 5.41) is 17.1. The van der Waals surface area contributed by atoms with Gasteiger partial charge in [-0.3, -0.25) is 0 Å². The van der Waals surface area contributed by atoms with Crippen molar-refractivity contribution < 1.29 is 0 Å². The summed E-state index contributed by atoms with van der Waals surface area (Å²) < 4.78 is 2.06. The minimum absolute atomic E-state index is 0.0792. The van der Waals surface area contributed by atoms with Crippen molar-refractivity contribution in [1.29, 1.82) is 0 Å². The van der Waals surface area contributed by atoms with Crippen LogP contribution >= 0.6 is 0 Å². The highest BCUT2D eigenvalue weighted by Crippen LogP contribution is 2.61. The fourth-order valence-electron chi connectivity index (χ4n) is 6.72. The normalized spacial score (nSPS) is 35.2. The van der Waals surface area contributed by atoms with Gasteiger partial charge in [0.2, 0.25) is 0 Å². The van der Waals surface area contributed by atoms with E-state index in [2.05, 4.69) is 64.6 Å². The van der Waals surface area contributed by atoms with E-state index >= 15 is 0 Å². The second-order valence-corrected chi connectivity index (χ2v) is 8.77. The molecule has 4 bridgehead atoms. The Bertz CT molecular complexity index is 796. The van der Waals surface area contributed by atoms with Crippen molar-refractivity contribution in [2.45, 2.75) is 57.9 Å². The summed E-state index contributed by atoms with van der Waals surface area (Å²) >= 11 is 0. The predicted molar refractivity (Wildman–Crippen MR) is 101 cm³/mol. The van der Waals surface area contributed by atoms with Crippen LogP contribution in [0.15, 0.2) is 18.2 Å². The highest BCUT2D eigenvalue weighted by molar-refractivity contribution is 5.48. The number of hydrogen-bond acceptors (Lipinski definition) is 4. The van der Waals surface area contributed by atoms with Crippen LogP contribution in [0, 0.1) is 30.6 Å². The zero-order valence-electron chi connectivity index (χ0n) is 16.1. The maximum absolute atomic E-state index is 4.64. The third-order valence-electron chi connectivity index (χ3n) is 7.59. The van der Waals surface area contributed by atoms with Gasteiger partial charge >= 0.3 is 0 Å². The first kappa shape index (κ1) is 16.4. The van der Waals surface area contributed by atoms with Crippen LogP contribution in [-0.2, 0) is 12.0 Å². The number of aromatic nitrogens is 4. The van der Waals surface area contributed by atoms with Crippen molar-refractivity contribution in [3.63, 3.8) is 0 Å². The molecule has 0 aliphatic heterocycles. The van der Waals surface area contributed by atoms with Gasteiger partial charge in [-0.2, -0.15) is 4.68 Å². The van der Waals surface area contributed by atoms with Crippen molar-refractivity contribution in [2.75, 3.05) is 7.05 Å². The fourth-order valence-corrected chi connectivity index (χ4v) is 6.72. The van der Waals surface area contributed by atoms with E-state index in [-0.39, 0.29) is 5.54 Å². The Balaban J connectivity index is 1.68. The molecule has 4 saturated carbocycles. The van der Waals surface area contributed by atoms with Gasteiger partial charge in [0.05, 0.1) is 11.2 Å². The van der Waals surface area contributed by atoms with E-state index in [1.807, 2.05) is 0 Å². The Morgan fingerprint density at radius 3 is 2.42 bits per heavy atom. The molecule has 26 heavy (non-hydrogen) atoms. The zero-order chi connectivity index (χ0) is 17.9. The standard InChI is InChI=1S/C21H29N5/c1-4-16-7-5-6-13(2)19(16)26-20(23-24-25-26)21(22-3)17-9-14-8-15(11-17)12-18(21)10-14/h5-7,14-15,17-18,22H,4,8-12H2,1-3H3. The van der Waals surface area contributed by atoms with Gasteiger partial charge in [-0.1, -0.05) is 25.1 Å². The molecule has 0 atom stereocenters. The monoisotopic (exact) mass is 351 g/mol. The molecule has 2 aromatic rings. The van der Waals surface area contributed by atoms with E-state index < -0.39 is 0 Å². The van der Waals surface area contributed by atoms with E-state index in [0.717, 1.165) is 24.1 Å². The molecule has 5 nitrogen and oxygen atoms in total. The topological polar surface area (TPSA) is 55.6 Å². The molecule has 6 rings (SSSR count). The van der Waals surface area contributed by atoms with Crippen LogP contribution < -0.4 is 5.32 Å². The summed E-state index contributed by atoms with van der Waals surface area (Å²) in [4.78, 5) is 0. The van der Waals surface area contributed by atoms with E-state index in [9.17, 15) is 0 Å². The Morgan fingerprint density at radius 1 is 1.12 bits per heavy atom. The molecule has 0 unspecified atom stereocenters. The third-order valence-corrected chi connectivity index (χ3v) is 7.59. The second kappa shape index (κ2) is 5.88. The number of tetrazole rings is 1. The molecule has 1 N–H and O–H groups in total. The maximum Gasteiger partial charge on any atom is 0.177 e. The van der Waals surface area contributed by atoms with Crippen LogP contribution in [0.1, 0.15) is 56.0 Å². The van der Waals surface area contributed by atoms with Crippen LogP contribution in [0.4, 0.5) is 0 Å². The molecule has 138 valence electrons. The Labute approximate surface area is 155 Å². The minimum atomic E-state index is -0.0792. The molecule has 0 radical (unpaired) electrons. The van der Waals surface area contributed by atoms with E-state index in [1.54, 1.807) is 0 Å². The molecule has 1 aromatic carbocycles. The summed E-state index contributed by atoms with van der Waals surface area (Å²) in [7, 11) is 2.12. The first-order valence-corrected chi connectivity index (χ1v) is 10.2. The summed E-state index contributed by atoms with van der Waals surface area (Å²) in [5.74, 6) is 4.20. The Kier molecular flexibility index (Phi) is 3.71. The van der Waals surface area contributed by atoms with Crippen molar-refractivity contribution in [3.8, 4) is 5.69 Å². The van der Waals surface area contributed by atoms with Gasteiger partial charge in [0.1, 0.15) is 0 Å². The Morgan fingerprint density at radius 2 is 1.81 bits per heavy atom. The molecule has 0 saturated heterocycles. The average Bonchev–Trinajstić information content (AvgIpc) is 3.11. The van der Waals surface area contributed by atoms with Gasteiger partial charge in [-0.25, -0.2) is 0 Å². The van der Waals surface area contributed by atoms with Gasteiger partial charge in [0, 0.05) is 0 Å². The lowest BCUT2D eigenvalue weighted by atomic mass is 9.48.